The number of methoxy groups -OCH3 is 1. The SMILES string of the molecule is COC(=O)C(CCC(=O)c1ccccc1)NCC(=O)OCc1ccccc1. The zero-order valence-electron chi connectivity index (χ0n) is 15.2. The van der Waals surface area contributed by atoms with Gasteiger partial charge in [0.05, 0.1) is 13.7 Å². The summed E-state index contributed by atoms with van der Waals surface area (Å²) in [5.41, 5.74) is 1.47. The van der Waals surface area contributed by atoms with Crippen molar-refractivity contribution in [1.29, 1.82) is 0 Å². The third-order valence-electron chi connectivity index (χ3n) is 3.98. The lowest BCUT2D eigenvalue weighted by Gasteiger charge is -2.15. The number of carbonyl (C=O) groups is 3. The van der Waals surface area contributed by atoms with Crippen LogP contribution in [0.2, 0.25) is 0 Å². The van der Waals surface area contributed by atoms with Gasteiger partial charge in [-0.15, -0.1) is 0 Å². The number of ketones is 1. The molecule has 0 bridgehead atoms. The third-order valence-corrected chi connectivity index (χ3v) is 3.98. The highest BCUT2D eigenvalue weighted by Gasteiger charge is 2.21. The molecule has 0 spiro atoms. The number of Topliss-reactive ketones (excluding diaryl/α,β-unsaturated/α-hetero) is 1. The number of esters is 2. The molecule has 6 heteroatoms. The van der Waals surface area contributed by atoms with Gasteiger partial charge < -0.3 is 9.47 Å². The van der Waals surface area contributed by atoms with Crippen molar-refractivity contribution in [3.63, 3.8) is 0 Å². The highest BCUT2D eigenvalue weighted by Crippen LogP contribution is 2.08. The van der Waals surface area contributed by atoms with Crippen LogP contribution in [0.1, 0.15) is 28.8 Å². The van der Waals surface area contributed by atoms with Crippen LogP contribution in [0.3, 0.4) is 0 Å². The molecule has 1 unspecified atom stereocenters. The highest BCUT2D eigenvalue weighted by molar-refractivity contribution is 5.96. The van der Waals surface area contributed by atoms with E-state index in [0.29, 0.717) is 5.56 Å². The number of rotatable bonds is 10. The first-order valence-electron chi connectivity index (χ1n) is 8.69. The smallest absolute Gasteiger partial charge is 0.322 e. The molecule has 6 nitrogen and oxygen atoms in total. The molecule has 142 valence electrons. The summed E-state index contributed by atoms with van der Waals surface area (Å²) in [5, 5.41) is 2.81. The van der Waals surface area contributed by atoms with Gasteiger partial charge in [-0.1, -0.05) is 60.7 Å². The van der Waals surface area contributed by atoms with Crippen molar-refractivity contribution >= 4 is 17.7 Å². The first-order valence-corrected chi connectivity index (χ1v) is 8.69. The summed E-state index contributed by atoms with van der Waals surface area (Å²) in [7, 11) is 1.27. The van der Waals surface area contributed by atoms with Gasteiger partial charge in [-0.3, -0.25) is 19.7 Å². The Balaban J connectivity index is 1.80. The van der Waals surface area contributed by atoms with E-state index in [2.05, 4.69) is 5.32 Å². The summed E-state index contributed by atoms with van der Waals surface area (Å²) in [4.78, 5) is 36.0. The topological polar surface area (TPSA) is 81.7 Å². The summed E-state index contributed by atoms with van der Waals surface area (Å²) in [6, 6.07) is 17.4. The Morgan fingerprint density at radius 2 is 1.59 bits per heavy atom. The Morgan fingerprint density at radius 1 is 0.963 bits per heavy atom. The molecule has 0 heterocycles. The number of carbonyl (C=O) groups excluding carboxylic acids is 3. The maximum absolute atomic E-state index is 12.2. The number of ether oxygens (including phenoxy) is 2. The molecule has 1 N–H and O–H groups in total. The molecular formula is C21H23NO5. The lowest BCUT2D eigenvalue weighted by Crippen LogP contribution is -2.41. The molecule has 0 fully saturated rings. The number of nitrogens with one attached hydrogen (secondary N) is 1. The summed E-state index contributed by atoms with van der Waals surface area (Å²) in [6.07, 6.45) is 0.391. The zero-order chi connectivity index (χ0) is 19.5. The van der Waals surface area contributed by atoms with Gasteiger partial charge >= 0.3 is 11.9 Å². The minimum Gasteiger partial charge on any atom is -0.468 e. The van der Waals surface area contributed by atoms with E-state index < -0.39 is 18.0 Å². The average molecular weight is 369 g/mol. The Hall–Kier alpha value is -2.99. The molecule has 1 atom stereocenters. The van der Waals surface area contributed by atoms with Gasteiger partial charge in [0.1, 0.15) is 12.6 Å². The number of benzene rings is 2. The quantitative estimate of drug-likeness (QED) is 0.512. The van der Waals surface area contributed by atoms with Gasteiger partial charge in [-0.05, 0) is 12.0 Å². The van der Waals surface area contributed by atoms with Crippen LogP contribution in [-0.4, -0.2) is 37.4 Å². The van der Waals surface area contributed by atoms with Gasteiger partial charge in [-0.2, -0.15) is 0 Å². The van der Waals surface area contributed by atoms with Crippen molar-refractivity contribution in [2.45, 2.75) is 25.5 Å². The normalized spacial score (nSPS) is 11.4. The van der Waals surface area contributed by atoms with Crippen molar-refractivity contribution in [1.82, 2.24) is 5.32 Å². The highest BCUT2D eigenvalue weighted by atomic mass is 16.5. The lowest BCUT2D eigenvalue weighted by molar-refractivity contribution is -0.146. The second-order valence-electron chi connectivity index (χ2n) is 5.93. The van der Waals surface area contributed by atoms with E-state index in [1.54, 1.807) is 24.3 Å². The van der Waals surface area contributed by atoms with E-state index >= 15 is 0 Å². The van der Waals surface area contributed by atoms with Crippen molar-refractivity contribution in [2.75, 3.05) is 13.7 Å². The summed E-state index contributed by atoms with van der Waals surface area (Å²) in [5.74, 6) is -1.08. The molecule has 27 heavy (non-hydrogen) atoms. The van der Waals surface area contributed by atoms with E-state index in [1.807, 2.05) is 36.4 Å². The van der Waals surface area contributed by atoms with E-state index in [4.69, 9.17) is 9.47 Å². The fraction of sp³-hybridized carbons (Fsp3) is 0.286. The molecule has 0 aliphatic carbocycles. The molecule has 2 aromatic rings. The van der Waals surface area contributed by atoms with Crippen molar-refractivity contribution in [2.24, 2.45) is 0 Å². The summed E-state index contributed by atoms with van der Waals surface area (Å²) >= 11 is 0. The molecule has 0 amide bonds. The van der Waals surface area contributed by atoms with E-state index in [1.165, 1.54) is 7.11 Å². The van der Waals surface area contributed by atoms with Gasteiger partial charge in [0.2, 0.25) is 0 Å². The van der Waals surface area contributed by atoms with Crippen molar-refractivity contribution in [3.05, 3.63) is 71.8 Å². The molecule has 0 aromatic heterocycles. The average Bonchev–Trinajstić information content (AvgIpc) is 2.72. The van der Waals surface area contributed by atoms with Gasteiger partial charge in [0.25, 0.3) is 0 Å². The largest absolute Gasteiger partial charge is 0.468 e. The van der Waals surface area contributed by atoms with Crippen LogP contribution in [0.25, 0.3) is 0 Å². The Kier molecular flexibility index (Phi) is 8.19. The molecule has 0 aliphatic heterocycles. The van der Waals surface area contributed by atoms with Crippen LogP contribution in [0.15, 0.2) is 60.7 Å². The van der Waals surface area contributed by atoms with Crippen LogP contribution in [0.4, 0.5) is 0 Å². The van der Waals surface area contributed by atoms with Gasteiger partial charge in [0.15, 0.2) is 5.78 Å². The zero-order valence-corrected chi connectivity index (χ0v) is 15.2. The first-order chi connectivity index (χ1) is 13.1. The van der Waals surface area contributed by atoms with Crippen molar-refractivity contribution < 1.29 is 23.9 Å². The lowest BCUT2D eigenvalue weighted by atomic mass is 10.0. The Bertz CT molecular complexity index is 746. The van der Waals surface area contributed by atoms with Crippen LogP contribution in [-0.2, 0) is 25.7 Å². The number of hydrogen-bond donors (Lipinski definition) is 1. The standard InChI is InChI=1S/C21H23NO5/c1-26-21(25)18(12-13-19(23)17-10-6-3-7-11-17)22-14-20(24)27-15-16-8-4-2-5-9-16/h2-11,18,22H,12-15H2,1H3. The van der Waals surface area contributed by atoms with Crippen LogP contribution in [0.5, 0.6) is 0 Å². The molecule has 2 rings (SSSR count). The first kappa shape index (κ1) is 20.3. The summed E-state index contributed by atoms with van der Waals surface area (Å²) < 4.78 is 9.91. The molecule has 0 aliphatic rings. The molecule has 0 radical (unpaired) electrons. The van der Waals surface area contributed by atoms with E-state index in [-0.39, 0.29) is 31.8 Å². The van der Waals surface area contributed by atoms with Crippen LogP contribution < -0.4 is 5.32 Å². The maximum Gasteiger partial charge on any atom is 0.322 e. The Labute approximate surface area is 158 Å². The third kappa shape index (κ3) is 7.03. The van der Waals surface area contributed by atoms with Gasteiger partial charge in [-0.25, -0.2) is 0 Å². The second-order valence-corrected chi connectivity index (χ2v) is 5.93. The fourth-order valence-corrected chi connectivity index (χ4v) is 2.48. The second kappa shape index (κ2) is 10.9. The molecular weight excluding hydrogens is 346 g/mol. The Morgan fingerprint density at radius 3 is 2.22 bits per heavy atom. The monoisotopic (exact) mass is 369 g/mol. The molecule has 0 saturated heterocycles. The molecule has 0 saturated carbocycles. The van der Waals surface area contributed by atoms with E-state index in [0.717, 1.165) is 5.56 Å². The predicted octanol–water partition coefficient (Wildman–Crippen LogP) is 2.52. The fourth-order valence-electron chi connectivity index (χ4n) is 2.48. The van der Waals surface area contributed by atoms with Crippen molar-refractivity contribution in [3.8, 4) is 0 Å². The van der Waals surface area contributed by atoms with E-state index in [9.17, 15) is 14.4 Å². The van der Waals surface area contributed by atoms with Crippen LogP contribution >= 0.6 is 0 Å². The maximum atomic E-state index is 12.2. The molecule has 2 aromatic carbocycles. The minimum absolute atomic E-state index is 0.0713. The van der Waals surface area contributed by atoms with Gasteiger partial charge in [0, 0.05) is 12.0 Å². The predicted molar refractivity (Wildman–Crippen MR) is 100 cm³/mol. The van der Waals surface area contributed by atoms with Crippen LogP contribution in [0, 0.1) is 0 Å². The minimum atomic E-state index is -0.757. The number of hydrogen-bond acceptors (Lipinski definition) is 6. The summed E-state index contributed by atoms with van der Waals surface area (Å²) in [6.45, 7) is 0.0167.